The summed E-state index contributed by atoms with van der Waals surface area (Å²) in [5.41, 5.74) is 7.17. The molecular formula is C14H15Cl2N5. The Morgan fingerprint density at radius 3 is 2.00 bits per heavy atom. The van der Waals surface area contributed by atoms with Gasteiger partial charge < -0.3 is 15.5 Å². The Hall–Kier alpha value is -1.72. The lowest BCUT2D eigenvalue weighted by atomic mass is 10.2. The van der Waals surface area contributed by atoms with Gasteiger partial charge in [0.1, 0.15) is 0 Å². The molecule has 0 radical (unpaired) electrons. The summed E-state index contributed by atoms with van der Waals surface area (Å²) >= 11 is 12.6. The van der Waals surface area contributed by atoms with Gasteiger partial charge in [-0.3, -0.25) is 0 Å². The molecular weight excluding hydrogens is 309 g/mol. The van der Waals surface area contributed by atoms with E-state index in [9.17, 15) is 0 Å². The summed E-state index contributed by atoms with van der Waals surface area (Å²) in [5, 5.41) is 1.17. The molecule has 0 amide bonds. The monoisotopic (exact) mass is 323 g/mol. The van der Waals surface area contributed by atoms with E-state index in [1.807, 2.05) is 6.07 Å². The number of nitrogens with two attached hydrogens (primary N) is 1. The first kappa shape index (κ1) is 14.2. The fourth-order valence-corrected chi connectivity index (χ4v) is 3.21. The highest BCUT2D eigenvalue weighted by Gasteiger charge is 2.22. The molecule has 1 saturated heterocycles. The van der Waals surface area contributed by atoms with Crippen LogP contribution >= 0.6 is 23.2 Å². The SMILES string of the molecule is Nc1cc(Cl)c(N2CCN(c3ncccn3)CC2)c(Cl)c1. The summed E-state index contributed by atoms with van der Waals surface area (Å²) in [6.07, 6.45) is 3.50. The van der Waals surface area contributed by atoms with Crippen molar-refractivity contribution in [1.29, 1.82) is 0 Å². The maximum atomic E-state index is 6.28. The summed E-state index contributed by atoms with van der Waals surface area (Å²) in [7, 11) is 0. The number of piperazine rings is 1. The van der Waals surface area contributed by atoms with Crippen LogP contribution in [0.4, 0.5) is 17.3 Å². The zero-order valence-electron chi connectivity index (χ0n) is 11.3. The molecule has 1 aliphatic rings. The molecule has 1 aliphatic heterocycles. The molecule has 2 heterocycles. The van der Waals surface area contributed by atoms with E-state index < -0.39 is 0 Å². The minimum absolute atomic E-state index is 0.574. The number of hydrogen-bond donors (Lipinski definition) is 1. The van der Waals surface area contributed by atoms with Crippen LogP contribution in [0.5, 0.6) is 0 Å². The lowest BCUT2D eigenvalue weighted by molar-refractivity contribution is 0.640. The van der Waals surface area contributed by atoms with Crippen LogP contribution in [0.3, 0.4) is 0 Å². The van der Waals surface area contributed by atoms with E-state index in [1.165, 1.54) is 0 Å². The van der Waals surface area contributed by atoms with Crippen molar-refractivity contribution in [2.45, 2.75) is 0 Å². The van der Waals surface area contributed by atoms with E-state index in [0.717, 1.165) is 37.8 Å². The summed E-state index contributed by atoms with van der Waals surface area (Å²) in [4.78, 5) is 12.9. The molecule has 2 aromatic rings. The van der Waals surface area contributed by atoms with Gasteiger partial charge in [0.25, 0.3) is 0 Å². The van der Waals surface area contributed by atoms with Gasteiger partial charge in [-0.25, -0.2) is 9.97 Å². The van der Waals surface area contributed by atoms with Crippen LogP contribution in [0.2, 0.25) is 10.0 Å². The van der Waals surface area contributed by atoms with Gasteiger partial charge in [-0.2, -0.15) is 0 Å². The van der Waals surface area contributed by atoms with Crippen molar-refractivity contribution in [1.82, 2.24) is 9.97 Å². The highest BCUT2D eigenvalue weighted by molar-refractivity contribution is 6.39. The van der Waals surface area contributed by atoms with Crippen LogP contribution in [0.15, 0.2) is 30.6 Å². The molecule has 0 aliphatic carbocycles. The van der Waals surface area contributed by atoms with Crippen molar-refractivity contribution >= 4 is 40.5 Å². The molecule has 3 rings (SSSR count). The number of aromatic nitrogens is 2. The van der Waals surface area contributed by atoms with Crippen LogP contribution in [0.25, 0.3) is 0 Å². The second kappa shape index (κ2) is 5.95. The van der Waals surface area contributed by atoms with E-state index in [1.54, 1.807) is 24.5 Å². The van der Waals surface area contributed by atoms with E-state index in [0.29, 0.717) is 15.7 Å². The first-order valence-electron chi connectivity index (χ1n) is 6.66. The number of anilines is 3. The smallest absolute Gasteiger partial charge is 0.225 e. The molecule has 1 aromatic carbocycles. The molecule has 0 unspecified atom stereocenters. The molecule has 1 fully saturated rings. The predicted octanol–water partition coefficient (Wildman–Crippen LogP) is 2.69. The maximum absolute atomic E-state index is 6.28. The highest BCUT2D eigenvalue weighted by Crippen LogP contribution is 2.36. The minimum atomic E-state index is 0.574. The lowest BCUT2D eigenvalue weighted by Crippen LogP contribution is -2.47. The Kier molecular flexibility index (Phi) is 4.03. The van der Waals surface area contributed by atoms with Gasteiger partial charge in [0.05, 0.1) is 15.7 Å². The first-order valence-corrected chi connectivity index (χ1v) is 7.42. The van der Waals surface area contributed by atoms with E-state index in [-0.39, 0.29) is 0 Å². The second-order valence-electron chi connectivity index (χ2n) is 4.86. The van der Waals surface area contributed by atoms with Crippen molar-refractivity contribution in [3.63, 3.8) is 0 Å². The average molecular weight is 324 g/mol. The number of benzene rings is 1. The number of hydrogen-bond acceptors (Lipinski definition) is 5. The van der Waals surface area contributed by atoms with E-state index in [2.05, 4.69) is 19.8 Å². The third-order valence-corrected chi connectivity index (χ3v) is 4.05. The van der Waals surface area contributed by atoms with Gasteiger partial charge in [-0.15, -0.1) is 0 Å². The van der Waals surface area contributed by atoms with E-state index >= 15 is 0 Å². The Labute approximate surface area is 133 Å². The molecule has 0 atom stereocenters. The fourth-order valence-electron chi connectivity index (χ4n) is 2.47. The Balaban J connectivity index is 1.75. The van der Waals surface area contributed by atoms with Gasteiger partial charge >= 0.3 is 0 Å². The normalized spacial score (nSPS) is 15.3. The third kappa shape index (κ3) is 2.99. The second-order valence-corrected chi connectivity index (χ2v) is 5.67. The highest BCUT2D eigenvalue weighted by atomic mass is 35.5. The summed E-state index contributed by atoms with van der Waals surface area (Å²) < 4.78 is 0. The van der Waals surface area contributed by atoms with Gasteiger partial charge in [-0.05, 0) is 18.2 Å². The van der Waals surface area contributed by atoms with Crippen LogP contribution in [0.1, 0.15) is 0 Å². The van der Waals surface area contributed by atoms with Crippen molar-refractivity contribution < 1.29 is 0 Å². The van der Waals surface area contributed by atoms with Gasteiger partial charge in [0, 0.05) is 44.3 Å². The van der Waals surface area contributed by atoms with Crippen molar-refractivity contribution in [3.05, 3.63) is 40.6 Å². The predicted molar refractivity (Wildman–Crippen MR) is 87.3 cm³/mol. The largest absolute Gasteiger partial charge is 0.399 e. The molecule has 2 N–H and O–H groups in total. The summed E-state index contributed by atoms with van der Waals surface area (Å²) in [6, 6.07) is 5.28. The number of rotatable bonds is 2. The van der Waals surface area contributed by atoms with E-state index in [4.69, 9.17) is 28.9 Å². The number of nitrogens with zero attached hydrogens (tertiary/aromatic N) is 4. The summed E-state index contributed by atoms with van der Waals surface area (Å²) in [5.74, 6) is 0.756. The quantitative estimate of drug-likeness (QED) is 0.861. The molecule has 21 heavy (non-hydrogen) atoms. The van der Waals surface area contributed by atoms with Crippen molar-refractivity contribution in [2.24, 2.45) is 0 Å². The maximum Gasteiger partial charge on any atom is 0.225 e. The molecule has 0 saturated carbocycles. The number of nitrogen functional groups attached to an aromatic ring is 1. The zero-order chi connectivity index (χ0) is 14.8. The Bertz CT molecular complexity index is 604. The minimum Gasteiger partial charge on any atom is -0.399 e. The zero-order valence-corrected chi connectivity index (χ0v) is 12.8. The van der Waals surface area contributed by atoms with Gasteiger partial charge in [0.2, 0.25) is 5.95 Å². The van der Waals surface area contributed by atoms with Crippen LogP contribution in [-0.2, 0) is 0 Å². The number of halogens is 2. The van der Waals surface area contributed by atoms with Crippen LogP contribution in [0, 0.1) is 0 Å². The van der Waals surface area contributed by atoms with Crippen LogP contribution < -0.4 is 15.5 Å². The molecule has 0 bridgehead atoms. The topological polar surface area (TPSA) is 58.3 Å². The molecule has 110 valence electrons. The first-order chi connectivity index (χ1) is 10.1. The molecule has 0 spiro atoms. The van der Waals surface area contributed by atoms with Crippen LogP contribution in [-0.4, -0.2) is 36.1 Å². The van der Waals surface area contributed by atoms with Crippen molar-refractivity contribution in [2.75, 3.05) is 41.7 Å². The fraction of sp³-hybridized carbons (Fsp3) is 0.286. The van der Waals surface area contributed by atoms with Gasteiger partial charge in [0.15, 0.2) is 0 Å². The molecule has 5 nitrogen and oxygen atoms in total. The van der Waals surface area contributed by atoms with Crippen molar-refractivity contribution in [3.8, 4) is 0 Å². The standard InChI is InChI=1S/C14H15Cl2N5/c15-11-8-10(17)9-12(16)13(11)20-4-6-21(7-5-20)14-18-2-1-3-19-14/h1-3,8-9H,4-7,17H2. The third-order valence-electron chi connectivity index (χ3n) is 3.47. The molecule has 7 heteroatoms. The Morgan fingerprint density at radius 1 is 0.905 bits per heavy atom. The Morgan fingerprint density at radius 2 is 1.43 bits per heavy atom. The summed E-state index contributed by atoms with van der Waals surface area (Å²) in [6.45, 7) is 3.26. The average Bonchev–Trinajstić information content (AvgIpc) is 2.48. The molecule has 1 aromatic heterocycles. The van der Waals surface area contributed by atoms with Gasteiger partial charge in [-0.1, -0.05) is 23.2 Å². The lowest BCUT2D eigenvalue weighted by Gasteiger charge is -2.36.